The standard InChI is InChI=1S/C20H20N6O2/c1-20(2,3)28-19(27)26-11-16(15-9-21-13-22-18(15)26)17-12-25(24-23-17)10-14-7-5-4-6-8-14/h4-9,11-13H,10H2,1-3H3. The Kier molecular flexibility index (Phi) is 4.38. The maximum absolute atomic E-state index is 12.6. The predicted molar refractivity (Wildman–Crippen MR) is 104 cm³/mol. The third-order valence-electron chi connectivity index (χ3n) is 4.06. The van der Waals surface area contributed by atoms with Crippen LogP contribution in [0.3, 0.4) is 0 Å². The zero-order valence-electron chi connectivity index (χ0n) is 15.9. The highest BCUT2D eigenvalue weighted by molar-refractivity contribution is 5.97. The fourth-order valence-electron chi connectivity index (χ4n) is 2.89. The first kappa shape index (κ1) is 17.8. The highest BCUT2D eigenvalue weighted by Gasteiger charge is 2.23. The van der Waals surface area contributed by atoms with Crippen LogP contribution in [0.5, 0.6) is 0 Å². The first-order chi connectivity index (χ1) is 13.4. The van der Waals surface area contributed by atoms with Gasteiger partial charge in [0.2, 0.25) is 0 Å². The van der Waals surface area contributed by atoms with Crippen molar-refractivity contribution < 1.29 is 9.53 Å². The molecule has 0 fully saturated rings. The monoisotopic (exact) mass is 376 g/mol. The second kappa shape index (κ2) is 6.88. The highest BCUT2D eigenvalue weighted by Crippen LogP contribution is 2.28. The number of nitrogens with zero attached hydrogens (tertiary/aromatic N) is 6. The lowest BCUT2D eigenvalue weighted by atomic mass is 10.2. The van der Waals surface area contributed by atoms with Crippen molar-refractivity contribution in [2.75, 3.05) is 0 Å². The molecule has 0 amide bonds. The maximum atomic E-state index is 12.6. The van der Waals surface area contributed by atoms with Gasteiger partial charge in [-0.1, -0.05) is 35.5 Å². The Hall–Kier alpha value is -3.55. The molecule has 1 aromatic carbocycles. The minimum absolute atomic E-state index is 0.469. The molecule has 4 rings (SSSR count). The van der Waals surface area contributed by atoms with Crippen molar-refractivity contribution in [3.8, 4) is 11.3 Å². The molecule has 8 heteroatoms. The SMILES string of the molecule is CC(C)(C)OC(=O)n1cc(-c2cn(Cc3ccccc3)nn2)c2cncnc21. The molecule has 142 valence electrons. The summed E-state index contributed by atoms with van der Waals surface area (Å²) >= 11 is 0. The summed E-state index contributed by atoms with van der Waals surface area (Å²) < 4.78 is 8.63. The lowest BCUT2D eigenvalue weighted by molar-refractivity contribution is 0.0543. The van der Waals surface area contributed by atoms with Gasteiger partial charge < -0.3 is 4.74 Å². The van der Waals surface area contributed by atoms with Crippen molar-refractivity contribution in [1.82, 2.24) is 29.5 Å². The van der Waals surface area contributed by atoms with E-state index in [0.717, 1.165) is 11.1 Å². The van der Waals surface area contributed by atoms with E-state index in [9.17, 15) is 4.79 Å². The van der Waals surface area contributed by atoms with Crippen LogP contribution in [0.2, 0.25) is 0 Å². The number of fused-ring (bicyclic) bond motifs is 1. The highest BCUT2D eigenvalue weighted by atomic mass is 16.6. The second-order valence-electron chi connectivity index (χ2n) is 7.44. The summed E-state index contributed by atoms with van der Waals surface area (Å²) in [6, 6.07) is 10.0. The number of carbonyl (C=O) groups excluding carboxylic acids is 1. The lowest BCUT2D eigenvalue weighted by Crippen LogP contribution is -2.26. The number of ether oxygens (including phenoxy) is 1. The summed E-state index contributed by atoms with van der Waals surface area (Å²) in [6.07, 6.45) is 6.08. The van der Waals surface area contributed by atoms with Crippen molar-refractivity contribution in [3.63, 3.8) is 0 Å². The van der Waals surface area contributed by atoms with Crippen LogP contribution >= 0.6 is 0 Å². The van der Waals surface area contributed by atoms with Crippen LogP contribution in [0.25, 0.3) is 22.3 Å². The number of aromatic nitrogens is 6. The van der Waals surface area contributed by atoms with Gasteiger partial charge in [0.1, 0.15) is 17.6 Å². The molecule has 28 heavy (non-hydrogen) atoms. The van der Waals surface area contributed by atoms with Crippen LogP contribution in [0.15, 0.2) is 55.2 Å². The summed E-state index contributed by atoms with van der Waals surface area (Å²) in [5.74, 6) is 0. The number of rotatable bonds is 3. The Morgan fingerprint density at radius 2 is 1.93 bits per heavy atom. The average molecular weight is 376 g/mol. The van der Waals surface area contributed by atoms with E-state index in [0.29, 0.717) is 23.3 Å². The fourth-order valence-corrected chi connectivity index (χ4v) is 2.89. The van der Waals surface area contributed by atoms with Gasteiger partial charge in [-0.3, -0.25) is 0 Å². The van der Waals surface area contributed by atoms with Gasteiger partial charge in [-0.25, -0.2) is 24.0 Å². The Morgan fingerprint density at radius 3 is 2.68 bits per heavy atom. The van der Waals surface area contributed by atoms with Gasteiger partial charge in [0, 0.05) is 23.3 Å². The van der Waals surface area contributed by atoms with Gasteiger partial charge in [-0.15, -0.1) is 5.10 Å². The first-order valence-corrected chi connectivity index (χ1v) is 8.89. The first-order valence-electron chi connectivity index (χ1n) is 8.89. The molecular weight excluding hydrogens is 356 g/mol. The average Bonchev–Trinajstić information content (AvgIpc) is 3.25. The van der Waals surface area contributed by atoms with Crippen LogP contribution in [0, 0.1) is 0 Å². The molecule has 0 bridgehead atoms. The Balaban J connectivity index is 1.71. The van der Waals surface area contributed by atoms with Crippen molar-refractivity contribution in [1.29, 1.82) is 0 Å². The zero-order valence-corrected chi connectivity index (χ0v) is 15.9. The van der Waals surface area contributed by atoms with Gasteiger partial charge in [-0.05, 0) is 26.3 Å². The van der Waals surface area contributed by atoms with E-state index in [-0.39, 0.29) is 0 Å². The fraction of sp³-hybridized carbons (Fsp3) is 0.250. The van der Waals surface area contributed by atoms with Gasteiger partial charge in [0.15, 0.2) is 5.65 Å². The summed E-state index contributed by atoms with van der Waals surface area (Å²) in [7, 11) is 0. The van der Waals surface area contributed by atoms with Gasteiger partial charge >= 0.3 is 6.09 Å². The van der Waals surface area contributed by atoms with Gasteiger partial charge in [0.25, 0.3) is 0 Å². The third kappa shape index (κ3) is 3.62. The smallest absolute Gasteiger partial charge is 0.420 e. The number of hydrogen-bond acceptors (Lipinski definition) is 6. The van der Waals surface area contributed by atoms with E-state index < -0.39 is 11.7 Å². The minimum atomic E-state index is -0.611. The quantitative estimate of drug-likeness (QED) is 0.544. The molecule has 0 N–H and O–H groups in total. The van der Waals surface area contributed by atoms with Crippen LogP contribution in [-0.2, 0) is 11.3 Å². The summed E-state index contributed by atoms with van der Waals surface area (Å²) in [5, 5.41) is 9.19. The third-order valence-corrected chi connectivity index (χ3v) is 4.06. The van der Waals surface area contributed by atoms with Crippen LogP contribution in [0.4, 0.5) is 4.79 Å². The lowest BCUT2D eigenvalue weighted by Gasteiger charge is -2.19. The summed E-state index contributed by atoms with van der Waals surface area (Å²) in [5.41, 5.74) is 2.34. The molecule has 0 spiro atoms. The van der Waals surface area contributed by atoms with Crippen LogP contribution in [-0.4, -0.2) is 41.2 Å². The molecule has 0 atom stereocenters. The zero-order chi connectivity index (χ0) is 19.7. The van der Waals surface area contributed by atoms with Crippen molar-refractivity contribution in [3.05, 3.63) is 60.8 Å². The normalized spacial score (nSPS) is 11.7. The molecule has 0 radical (unpaired) electrons. The van der Waals surface area contributed by atoms with E-state index >= 15 is 0 Å². The van der Waals surface area contributed by atoms with Crippen molar-refractivity contribution in [2.24, 2.45) is 0 Å². The van der Waals surface area contributed by atoms with Crippen LogP contribution < -0.4 is 0 Å². The number of carbonyl (C=O) groups is 1. The maximum Gasteiger partial charge on any atom is 0.420 e. The molecule has 3 heterocycles. The molecule has 8 nitrogen and oxygen atoms in total. The van der Waals surface area contributed by atoms with E-state index in [1.807, 2.05) is 57.3 Å². The molecule has 0 saturated heterocycles. The second-order valence-corrected chi connectivity index (χ2v) is 7.44. The topological polar surface area (TPSA) is 87.7 Å². The van der Waals surface area contributed by atoms with Crippen molar-refractivity contribution >= 4 is 17.1 Å². The summed E-state index contributed by atoms with van der Waals surface area (Å²) in [4.78, 5) is 20.9. The Bertz CT molecular complexity index is 1120. The molecule has 0 aliphatic carbocycles. The van der Waals surface area contributed by atoms with Crippen molar-refractivity contribution in [2.45, 2.75) is 32.9 Å². The van der Waals surface area contributed by atoms with Gasteiger partial charge in [-0.2, -0.15) is 0 Å². The molecule has 0 unspecified atom stereocenters. The van der Waals surface area contributed by atoms with E-state index in [4.69, 9.17) is 4.74 Å². The van der Waals surface area contributed by atoms with Gasteiger partial charge in [0.05, 0.1) is 12.7 Å². The van der Waals surface area contributed by atoms with E-state index in [2.05, 4.69) is 20.3 Å². The molecule has 4 aromatic rings. The number of hydrogen-bond donors (Lipinski definition) is 0. The Morgan fingerprint density at radius 1 is 1.14 bits per heavy atom. The largest absolute Gasteiger partial charge is 0.443 e. The molecule has 0 saturated carbocycles. The minimum Gasteiger partial charge on any atom is -0.443 e. The molecule has 0 aliphatic rings. The molecule has 0 aliphatic heterocycles. The predicted octanol–water partition coefficient (Wildman–Crippen LogP) is 3.52. The van der Waals surface area contributed by atoms with E-state index in [1.54, 1.807) is 17.1 Å². The Labute approximate surface area is 161 Å². The van der Waals surface area contributed by atoms with Crippen LogP contribution in [0.1, 0.15) is 26.3 Å². The number of benzene rings is 1. The summed E-state index contributed by atoms with van der Waals surface area (Å²) in [6.45, 7) is 6.07. The molecule has 3 aromatic heterocycles. The van der Waals surface area contributed by atoms with E-state index in [1.165, 1.54) is 10.9 Å². The molecular formula is C20H20N6O2.